The highest BCUT2D eigenvalue weighted by Gasteiger charge is 2.18. The molecule has 0 fully saturated rings. The smallest absolute Gasteiger partial charge is 0.262 e. The summed E-state index contributed by atoms with van der Waals surface area (Å²) in [6, 6.07) is 14.6. The second-order valence-corrected chi connectivity index (χ2v) is 7.66. The molecule has 0 bridgehead atoms. The van der Waals surface area contributed by atoms with E-state index in [1.165, 1.54) is 31.5 Å². The lowest BCUT2D eigenvalue weighted by atomic mass is 10.2. The van der Waals surface area contributed by atoms with Crippen molar-refractivity contribution in [3.8, 4) is 5.75 Å². The van der Waals surface area contributed by atoms with Crippen molar-refractivity contribution in [2.24, 2.45) is 0 Å². The number of carbonyl (C=O) groups excluding carboxylic acids is 1. The van der Waals surface area contributed by atoms with Gasteiger partial charge in [0.05, 0.1) is 28.9 Å². The first-order valence-electron chi connectivity index (χ1n) is 8.38. The standard InChI is InChI=1S/C20H19N3O4S/c1-14-6-3-4-8-17(14)23-28(25,26)16-9-10-18(19(12-16)27-2)22-20(24)15-7-5-11-21-13-15/h3-13,23H,1-2H3,(H,22,24). The first-order chi connectivity index (χ1) is 13.4. The quantitative estimate of drug-likeness (QED) is 0.664. The van der Waals surface area contributed by atoms with E-state index in [-0.39, 0.29) is 16.6 Å². The van der Waals surface area contributed by atoms with Crippen LogP contribution in [-0.2, 0) is 10.0 Å². The number of aryl methyl sites for hydroxylation is 1. The summed E-state index contributed by atoms with van der Waals surface area (Å²) in [6.07, 6.45) is 3.01. The number of pyridine rings is 1. The molecule has 0 saturated carbocycles. The molecule has 0 aliphatic rings. The SMILES string of the molecule is COc1cc(S(=O)(=O)Nc2ccccc2C)ccc1NC(=O)c1cccnc1. The molecule has 3 rings (SSSR count). The zero-order valence-electron chi connectivity index (χ0n) is 15.3. The van der Waals surface area contributed by atoms with Crippen molar-refractivity contribution in [2.75, 3.05) is 17.1 Å². The minimum Gasteiger partial charge on any atom is -0.495 e. The third kappa shape index (κ3) is 4.29. The van der Waals surface area contributed by atoms with Gasteiger partial charge in [-0.1, -0.05) is 18.2 Å². The number of carbonyl (C=O) groups is 1. The highest BCUT2D eigenvalue weighted by molar-refractivity contribution is 7.92. The zero-order valence-corrected chi connectivity index (χ0v) is 16.2. The maximum absolute atomic E-state index is 12.7. The number of nitrogens with zero attached hydrogens (tertiary/aromatic N) is 1. The van der Waals surface area contributed by atoms with E-state index in [0.29, 0.717) is 16.9 Å². The predicted molar refractivity (Wildman–Crippen MR) is 107 cm³/mol. The van der Waals surface area contributed by atoms with Gasteiger partial charge in [0.25, 0.3) is 15.9 Å². The summed E-state index contributed by atoms with van der Waals surface area (Å²) >= 11 is 0. The van der Waals surface area contributed by atoms with E-state index in [2.05, 4.69) is 15.0 Å². The van der Waals surface area contributed by atoms with Crippen LogP contribution >= 0.6 is 0 Å². The number of para-hydroxylation sites is 1. The van der Waals surface area contributed by atoms with Gasteiger partial charge in [-0.05, 0) is 42.8 Å². The van der Waals surface area contributed by atoms with Crippen molar-refractivity contribution in [3.63, 3.8) is 0 Å². The first kappa shape index (κ1) is 19.4. The van der Waals surface area contributed by atoms with Gasteiger partial charge in [-0.25, -0.2) is 8.42 Å². The van der Waals surface area contributed by atoms with Gasteiger partial charge in [0, 0.05) is 18.5 Å². The molecule has 3 aromatic rings. The summed E-state index contributed by atoms with van der Waals surface area (Å²) in [6.45, 7) is 1.81. The molecule has 0 aliphatic heterocycles. The lowest BCUT2D eigenvalue weighted by Crippen LogP contribution is -2.15. The summed E-state index contributed by atoms with van der Waals surface area (Å²) in [5.74, 6) is -0.148. The van der Waals surface area contributed by atoms with Gasteiger partial charge in [-0.3, -0.25) is 14.5 Å². The Labute approximate surface area is 163 Å². The number of ether oxygens (including phenoxy) is 1. The number of rotatable bonds is 6. The van der Waals surface area contributed by atoms with Crippen molar-refractivity contribution >= 4 is 27.3 Å². The minimum absolute atomic E-state index is 0.0204. The number of hydrogen-bond acceptors (Lipinski definition) is 5. The molecule has 1 aromatic heterocycles. The Morgan fingerprint density at radius 1 is 1.04 bits per heavy atom. The molecule has 0 aliphatic carbocycles. The van der Waals surface area contributed by atoms with Gasteiger partial charge in [0.2, 0.25) is 0 Å². The van der Waals surface area contributed by atoms with Crippen LogP contribution in [-0.4, -0.2) is 26.4 Å². The number of hydrogen-bond donors (Lipinski definition) is 2. The van der Waals surface area contributed by atoms with Crippen LogP contribution < -0.4 is 14.8 Å². The normalized spacial score (nSPS) is 10.9. The van der Waals surface area contributed by atoms with Crippen LogP contribution in [0.4, 0.5) is 11.4 Å². The highest BCUT2D eigenvalue weighted by Crippen LogP contribution is 2.29. The van der Waals surface area contributed by atoms with E-state index in [1.807, 2.05) is 19.1 Å². The molecule has 8 heteroatoms. The van der Waals surface area contributed by atoms with Crippen LogP contribution in [0, 0.1) is 6.92 Å². The van der Waals surface area contributed by atoms with Gasteiger partial charge in [0.15, 0.2) is 0 Å². The van der Waals surface area contributed by atoms with Crippen molar-refractivity contribution in [1.29, 1.82) is 0 Å². The maximum atomic E-state index is 12.7. The number of amides is 1. The van der Waals surface area contributed by atoms with Crippen LogP contribution in [0.2, 0.25) is 0 Å². The van der Waals surface area contributed by atoms with Gasteiger partial charge >= 0.3 is 0 Å². The van der Waals surface area contributed by atoms with Crippen LogP contribution in [0.1, 0.15) is 15.9 Å². The third-order valence-corrected chi connectivity index (χ3v) is 5.41. The molecule has 1 amide bonds. The average Bonchev–Trinajstić information content (AvgIpc) is 2.70. The Balaban J connectivity index is 1.86. The van der Waals surface area contributed by atoms with Crippen LogP contribution in [0.15, 0.2) is 71.9 Å². The van der Waals surface area contributed by atoms with Crippen molar-refractivity contribution in [1.82, 2.24) is 4.98 Å². The number of methoxy groups -OCH3 is 1. The van der Waals surface area contributed by atoms with E-state index in [9.17, 15) is 13.2 Å². The lowest BCUT2D eigenvalue weighted by molar-refractivity contribution is 0.102. The molecule has 144 valence electrons. The molecule has 28 heavy (non-hydrogen) atoms. The van der Waals surface area contributed by atoms with E-state index in [0.717, 1.165) is 5.56 Å². The fourth-order valence-electron chi connectivity index (χ4n) is 2.52. The minimum atomic E-state index is -3.82. The summed E-state index contributed by atoms with van der Waals surface area (Å²) in [4.78, 5) is 16.2. The Kier molecular flexibility index (Phi) is 5.60. The van der Waals surface area contributed by atoms with Crippen molar-refractivity contribution in [2.45, 2.75) is 11.8 Å². The maximum Gasteiger partial charge on any atom is 0.262 e. The molecular weight excluding hydrogens is 378 g/mol. The number of sulfonamides is 1. The molecule has 7 nitrogen and oxygen atoms in total. The van der Waals surface area contributed by atoms with E-state index >= 15 is 0 Å². The largest absolute Gasteiger partial charge is 0.495 e. The van der Waals surface area contributed by atoms with Gasteiger partial charge in [-0.15, -0.1) is 0 Å². The molecule has 0 atom stereocenters. The molecule has 2 aromatic carbocycles. The van der Waals surface area contributed by atoms with Crippen LogP contribution in [0.5, 0.6) is 5.75 Å². The molecule has 0 spiro atoms. The second kappa shape index (κ2) is 8.10. The Bertz CT molecular complexity index is 1100. The summed E-state index contributed by atoms with van der Waals surface area (Å²) in [5, 5.41) is 2.70. The van der Waals surface area contributed by atoms with Gasteiger partial charge < -0.3 is 10.1 Å². The molecule has 0 saturated heterocycles. The van der Waals surface area contributed by atoms with E-state index in [4.69, 9.17) is 4.74 Å². The highest BCUT2D eigenvalue weighted by atomic mass is 32.2. The first-order valence-corrected chi connectivity index (χ1v) is 9.87. The fourth-order valence-corrected chi connectivity index (χ4v) is 3.67. The number of nitrogens with one attached hydrogen (secondary N) is 2. The van der Waals surface area contributed by atoms with Gasteiger partial charge in [0.1, 0.15) is 5.75 Å². The van der Waals surface area contributed by atoms with Crippen molar-refractivity contribution in [3.05, 3.63) is 78.1 Å². The Morgan fingerprint density at radius 2 is 1.82 bits per heavy atom. The number of anilines is 2. The monoisotopic (exact) mass is 397 g/mol. The third-order valence-electron chi connectivity index (χ3n) is 4.04. The zero-order chi connectivity index (χ0) is 20.1. The topological polar surface area (TPSA) is 97.4 Å². The number of benzene rings is 2. The van der Waals surface area contributed by atoms with E-state index < -0.39 is 10.0 Å². The molecule has 2 N–H and O–H groups in total. The number of aromatic nitrogens is 1. The average molecular weight is 397 g/mol. The van der Waals surface area contributed by atoms with Crippen LogP contribution in [0.25, 0.3) is 0 Å². The second-order valence-electron chi connectivity index (χ2n) is 5.98. The van der Waals surface area contributed by atoms with Crippen LogP contribution in [0.3, 0.4) is 0 Å². The molecule has 1 heterocycles. The predicted octanol–water partition coefficient (Wildman–Crippen LogP) is 3.45. The van der Waals surface area contributed by atoms with Gasteiger partial charge in [-0.2, -0.15) is 0 Å². The Morgan fingerprint density at radius 3 is 2.50 bits per heavy atom. The van der Waals surface area contributed by atoms with Crippen molar-refractivity contribution < 1.29 is 17.9 Å². The molecule has 0 unspecified atom stereocenters. The lowest BCUT2D eigenvalue weighted by Gasteiger charge is -2.14. The molecular formula is C20H19N3O4S. The Hall–Kier alpha value is -3.39. The van der Waals surface area contributed by atoms with E-state index in [1.54, 1.807) is 30.5 Å². The molecule has 0 radical (unpaired) electrons. The fraction of sp³-hybridized carbons (Fsp3) is 0.100. The summed E-state index contributed by atoms with van der Waals surface area (Å²) in [5.41, 5.74) is 2.03. The summed E-state index contributed by atoms with van der Waals surface area (Å²) in [7, 11) is -2.42. The summed E-state index contributed by atoms with van der Waals surface area (Å²) < 4.78 is 33.3.